The molecule has 0 aromatic carbocycles. The SMILES string of the molecule is CN=C(NCCN1CCCC(C)C1)NCC1(CCOC)CCC1. The number of methoxy groups -OCH3 is 1. The minimum atomic E-state index is 0.427. The number of nitrogens with zero attached hydrogens (tertiary/aromatic N) is 2. The van der Waals surface area contributed by atoms with Crippen molar-refractivity contribution in [3.8, 4) is 0 Å². The zero-order valence-electron chi connectivity index (χ0n) is 15.4. The molecule has 2 rings (SSSR count). The van der Waals surface area contributed by atoms with E-state index >= 15 is 0 Å². The summed E-state index contributed by atoms with van der Waals surface area (Å²) >= 11 is 0. The molecule has 0 bridgehead atoms. The molecule has 1 atom stereocenters. The standard InChI is InChI=1S/C18H36N4O/c1-16-6-4-11-22(14-16)12-10-20-17(19-2)21-15-18(7-5-8-18)9-13-23-3/h16H,4-15H2,1-3H3,(H2,19,20,21). The van der Waals surface area contributed by atoms with Crippen LogP contribution in [0.3, 0.4) is 0 Å². The van der Waals surface area contributed by atoms with E-state index in [0.717, 1.165) is 44.5 Å². The molecule has 2 N–H and O–H groups in total. The number of hydrogen-bond acceptors (Lipinski definition) is 3. The Morgan fingerprint density at radius 2 is 2.13 bits per heavy atom. The number of likely N-dealkylation sites (tertiary alicyclic amines) is 1. The van der Waals surface area contributed by atoms with E-state index in [9.17, 15) is 0 Å². The normalized spacial score (nSPS) is 25.0. The van der Waals surface area contributed by atoms with Gasteiger partial charge in [-0.3, -0.25) is 4.99 Å². The third-order valence-corrected chi connectivity index (χ3v) is 5.57. The molecule has 1 aliphatic carbocycles. The molecule has 0 amide bonds. The molecule has 0 aromatic heterocycles. The first-order valence-corrected chi connectivity index (χ1v) is 9.33. The maximum Gasteiger partial charge on any atom is 0.191 e. The second-order valence-corrected chi connectivity index (χ2v) is 7.50. The Kier molecular flexibility index (Phi) is 7.63. The van der Waals surface area contributed by atoms with E-state index in [1.54, 1.807) is 7.11 Å². The van der Waals surface area contributed by atoms with Crippen LogP contribution in [0.2, 0.25) is 0 Å². The summed E-state index contributed by atoms with van der Waals surface area (Å²) < 4.78 is 5.27. The zero-order valence-corrected chi connectivity index (χ0v) is 15.4. The quantitative estimate of drug-likeness (QED) is 0.530. The van der Waals surface area contributed by atoms with Crippen LogP contribution in [0, 0.1) is 11.3 Å². The molecular weight excluding hydrogens is 288 g/mol. The van der Waals surface area contributed by atoms with Gasteiger partial charge in [-0.25, -0.2) is 0 Å². The van der Waals surface area contributed by atoms with E-state index in [1.807, 2.05) is 7.05 Å². The second-order valence-electron chi connectivity index (χ2n) is 7.50. The molecular formula is C18H36N4O. The monoisotopic (exact) mass is 324 g/mol. The molecule has 1 saturated heterocycles. The molecule has 23 heavy (non-hydrogen) atoms. The van der Waals surface area contributed by atoms with Gasteiger partial charge in [0.2, 0.25) is 0 Å². The highest BCUT2D eigenvalue weighted by Gasteiger charge is 2.36. The lowest BCUT2D eigenvalue weighted by Crippen LogP contribution is -2.48. The first-order valence-electron chi connectivity index (χ1n) is 9.33. The topological polar surface area (TPSA) is 48.9 Å². The van der Waals surface area contributed by atoms with Crippen LogP contribution >= 0.6 is 0 Å². The van der Waals surface area contributed by atoms with Crippen molar-refractivity contribution in [1.29, 1.82) is 0 Å². The molecule has 1 unspecified atom stereocenters. The Morgan fingerprint density at radius 3 is 2.74 bits per heavy atom. The van der Waals surface area contributed by atoms with Gasteiger partial charge in [0.25, 0.3) is 0 Å². The molecule has 0 aromatic rings. The van der Waals surface area contributed by atoms with Crippen LogP contribution in [-0.4, -0.2) is 64.3 Å². The van der Waals surface area contributed by atoms with E-state index in [4.69, 9.17) is 4.74 Å². The average molecular weight is 325 g/mol. The number of piperidine rings is 1. The summed E-state index contributed by atoms with van der Waals surface area (Å²) in [5, 5.41) is 7.01. The summed E-state index contributed by atoms with van der Waals surface area (Å²) in [6.45, 7) is 8.80. The highest BCUT2D eigenvalue weighted by Crippen LogP contribution is 2.43. The Morgan fingerprint density at radius 1 is 1.30 bits per heavy atom. The summed E-state index contributed by atoms with van der Waals surface area (Å²) in [6.07, 6.45) is 7.86. The smallest absolute Gasteiger partial charge is 0.191 e. The zero-order chi connectivity index (χ0) is 16.5. The van der Waals surface area contributed by atoms with Gasteiger partial charge in [-0.2, -0.15) is 0 Å². The molecule has 1 saturated carbocycles. The van der Waals surface area contributed by atoms with Crippen molar-refractivity contribution >= 4 is 5.96 Å². The Bertz CT molecular complexity index is 368. The van der Waals surface area contributed by atoms with Crippen molar-refractivity contribution < 1.29 is 4.74 Å². The van der Waals surface area contributed by atoms with Gasteiger partial charge in [0.1, 0.15) is 0 Å². The van der Waals surface area contributed by atoms with Gasteiger partial charge in [-0.15, -0.1) is 0 Å². The Hall–Kier alpha value is -0.810. The van der Waals surface area contributed by atoms with Crippen LogP contribution in [0.1, 0.15) is 45.4 Å². The molecule has 134 valence electrons. The van der Waals surface area contributed by atoms with Crippen molar-refractivity contribution in [2.45, 2.75) is 45.4 Å². The highest BCUT2D eigenvalue weighted by molar-refractivity contribution is 5.79. The number of aliphatic imine (C=N–C) groups is 1. The third kappa shape index (κ3) is 5.96. The molecule has 5 nitrogen and oxygen atoms in total. The predicted molar refractivity (Wildman–Crippen MR) is 97.0 cm³/mol. The summed E-state index contributed by atoms with van der Waals surface area (Å²) in [7, 11) is 3.66. The minimum absolute atomic E-state index is 0.427. The largest absolute Gasteiger partial charge is 0.385 e. The first-order chi connectivity index (χ1) is 11.2. The summed E-state index contributed by atoms with van der Waals surface area (Å²) in [6, 6.07) is 0. The van der Waals surface area contributed by atoms with Crippen molar-refractivity contribution in [3.63, 3.8) is 0 Å². The lowest BCUT2D eigenvalue weighted by Gasteiger charge is -2.42. The molecule has 1 aliphatic heterocycles. The van der Waals surface area contributed by atoms with Crippen LogP contribution in [0.5, 0.6) is 0 Å². The van der Waals surface area contributed by atoms with Crippen LogP contribution in [-0.2, 0) is 4.74 Å². The fourth-order valence-corrected chi connectivity index (χ4v) is 3.82. The van der Waals surface area contributed by atoms with E-state index in [1.165, 1.54) is 45.2 Å². The van der Waals surface area contributed by atoms with E-state index in [2.05, 4.69) is 27.4 Å². The third-order valence-electron chi connectivity index (χ3n) is 5.57. The van der Waals surface area contributed by atoms with Gasteiger partial charge in [0.15, 0.2) is 5.96 Å². The summed E-state index contributed by atoms with van der Waals surface area (Å²) in [5.74, 6) is 1.79. The first kappa shape index (κ1) is 18.5. The molecule has 1 heterocycles. The lowest BCUT2D eigenvalue weighted by molar-refractivity contribution is 0.0732. The Balaban J connectivity index is 1.65. The van der Waals surface area contributed by atoms with Crippen molar-refractivity contribution in [1.82, 2.24) is 15.5 Å². The van der Waals surface area contributed by atoms with E-state index in [-0.39, 0.29) is 0 Å². The number of rotatable bonds is 8. The molecule has 0 spiro atoms. The lowest BCUT2D eigenvalue weighted by atomic mass is 9.67. The molecule has 0 radical (unpaired) electrons. The van der Waals surface area contributed by atoms with Gasteiger partial charge < -0.3 is 20.3 Å². The average Bonchev–Trinajstić information content (AvgIpc) is 2.51. The van der Waals surface area contributed by atoms with Crippen LogP contribution in [0.4, 0.5) is 0 Å². The maximum atomic E-state index is 5.27. The van der Waals surface area contributed by atoms with Crippen molar-refractivity contribution in [2.75, 3.05) is 53.5 Å². The van der Waals surface area contributed by atoms with Gasteiger partial charge in [-0.1, -0.05) is 13.3 Å². The van der Waals surface area contributed by atoms with E-state index in [0.29, 0.717) is 5.41 Å². The van der Waals surface area contributed by atoms with Crippen molar-refractivity contribution in [3.05, 3.63) is 0 Å². The van der Waals surface area contributed by atoms with E-state index < -0.39 is 0 Å². The summed E-state index contributed by atoms with van der Waals surface area (Å²) in [4.78, 5) is 6.94. The maximum absolute atomic E-state index is 5.27. The number of ether oxygens (including phenoxy) is 1. The van der Waals surface area contributed by atoms with Gasteiger partial charge >= 0.3 is 0 Å². The molecule has 2 fully saturated rings. The highest BCUT2D eigenvalue weighted by atomic mass is 16.5. The fraction of sp³-hybridized carbons (Fsp3) is 0.944. The van der Waals surface area contributed by atoms with Gasteiger partial charge in [0.05, 0.1) is 0 Å². The minimum Gasteiger partial charge on any atom is -0.385 e. The number of guanidine groups is 1. The molecule has 2 aliphatic rings. The second kappa shape index (κ2) is 9.48. The van der Waals surface area contributed by atoms with Crippen LogP contribution in [0.25, 0.3) is 0 Å². The van der Waals surface area contributed by atoms with Crippen LogP contribution < -0.4 is 10.6 Å². The van der Waals surface area contributed by atoms with Crippen molar-refractivity contribution in [2.24, 2.45) is 16.3 Å². The fourth-order valence-electron chi connectivity index (χ4n) is 3.82. The number of nitrogens with one attached hydrogen (secondary N) is 2. The van der Waals surface area contributed by atoms with Gasteiger partial charge in [0, 0.05) is 46.9 Å². The van der Waals surface area contributed by atoms with Crippen LogP contribution in [0.15, 0.2) is 4.99 Å². The summed E-state index contributed by atoms with van der Waals surface area (Å²) in [5.41, 5.74) is 0.427. The molecule has 5 heteroatoms. The Labute approximate surface area is 142 Å². The predicted octanol–water partition coefficient (Wildman–Crippen LogP) is 2.09. The van der Waals surface area contributed by atoms with Gasteiger partial charge in [-0.05, 0) is 50.0 Å². The number of hydrogen-bond donors (Lipinski definition) is 2.